The van der Waals surface area contributed by atoms with E-state index in [1.165, 1.54) is 0 Å². The van der Waals surface area contributed by atoms with E-state index in [2.05, 4.69) is 29.6 Å². The van der Waals surface area contributed by atoms with Crippen LogP contribution in [-0.4, -0.2) is 30.8 Å². The molecule has 1 atom stereocenters. The zero-order valence-electron chi connectivity index (χ0n) is 15.4. The molecule has 2 aromatic rings. The number of ether oxygens (including phenoxy) is 2. The van der Waals surface area contributed by atoms with E-state index in [9.17, 15) is 4.79 Å². The molecule has 0 spiro atoms. The zero-order chi connectivity index (χ0) is 18.5. The summed E-state index contributed by atoms with van der Waals surface area (Å²) in [6.07, 6.45) is 0.873. The molecule has 1 aromatic heterocycles. The van der Waals surface area contributed by atoms with Crippen LogP contribution in [-0.2, 0) is 4.79 Å². The van der Waals surface area contributed by atoms with Crippen molar-refractivity contribution < 1.29 is 18.8 Å². The fourth-order valence-corrected chi connectivity index (χ4v) is 2.93. The molecule has 1 aromatic carbocycles. The number of carbonyl (C=O) groups excluding carboxylic acids is 1. The van der Waals surface area contributed by atoms with Crippen LogP contribution in [0.25, 0.3) is 0 Å². The van der Waals surface area contributed by atoms with E-state index in [-0.39, 0.29) is 18.5 Å². The Bertz CT molecular complexity index is 757. The van der Waals surface area contributed by atoms with Gasteiger partial charge in [-0.1, -0.05) is 25.1 Å². The maximum absolute atomic E-state index is 12.2. The van der Waals surface area contributed by atoms with Gasteiger partial charge in [-0.2, -0.15) is 0 Å². The van der Waals surface area contributed by atoms with Gasteiger partial charge >= 0.3 is 0 Å². The molecule has 0 radical (unpaired) electrons. The fourth-order valence-electron chi connectivity index (χ4n) is 2.93. The number of carbonyl (C=O) groups is 1. The summed E-state index contributed by atoms with van der Waals surface area (Å²) in [5, 5.41) is 9.80. The number of benzene rings is 1. The Kier molecular flexibility index (Phi) is 5.78. The Labute approximate surface area is 153 Å². The average molecular weight is 359 g/mol. The van der Waals surface area contributed by atoms with Gasteiger partial charge in [-0.05, 0) is 30.5 Å². The van der Waals surface area contributed by atoms with Crippen molar-refractivity contribution in [1.82, 2.24) is 10.5 Å². The third-order valence-corrected chi connectivity index (χ3v) is 4.18. The maximum atomic E-state index is 12.2. The molecule has 7 heteroatoms. The second-order valence-electron chi connectivity index (χ2n) is 6.73. The Morgan fingerprint density at radius 2 is 1.96 bits per heavy atom. The van der Waals surface area contributed by atoms with Crippen LogP contribution < -0.4 is 20.1 Å². The Balaban J connectivity index is 1.65. The molecule has 0 fully saturated rings. The number of fused-ring (bicyclic) bond motifs is 1. The van der Waals surface area contributed by atoms with Gasteiger partial charge in [0.05, 0.1) is 19.8 Å². The van der Waals surface area contributed by atoms with Crippen molar-refractivity contribution in [1.29, 1.82) is 0 Å². The van der Waals surface area contributed by atoms with Crippen LogP contribution >= 0.6 is 0 Å². The highest BCUT2D eigenvalue weighted by atomic mass is 16.5. The second kappa shape index (κ2) is 8.23. The highest BCUT2D eigenvalue weighted by Crippen LogP contribution is 2.34. The van der Waals surface area contributed by atoms with Crippen molar-refractivity contribution in [3.05, 3.63) is 35.6 Å². The summed E-state index contributed by atoms with van der Waals surface area (Å²) in [4.78, 5) is 12.2. The normalized spacial score (nSPS) is 14.8. The third kappa shape index (κ3) is 4.54. The molecule has 1 aliphatic heterocycles. The van der Waals surface area contributed by atoms with Gasteiger partial charge in [-0.15, -0.1) is 0 Å². The first kappa shape index (κ1) is 18.3. The Hall–Kier alpha value is -2.54. The number of rotatable bonds is 6. The Morgan fingerprint density at radius 1 is 1.19 bits per heavy atom. The zero-order valence-corrected chi connectivity index (χ0v) is 15.4. The second-order valence-corrected chi connectivity index (χ2v) is 6.73. The van der Waals surface area contributed by atoms with E-state index in [4.69, 9.17) is 14.0 Å². The number of aryl methyl sites for hydroxylation is 1. The SMILES string of the molecule is Cc1cc(NC(=O)CN[C@@H](c2ccc3c(c2)OCCCO3)C(C)C)no1. The van der Waals surface area contributed by atoms with Gasteiger partial charge in [0.2, 0.25) is 5.91 Å². The van der Waals surface area contributed by atoms with Gasteiger partial charge < -0.3 is 24.6 Å². The van der Waals surface area contributed by atoms with Crippen LogP contribution in [0.2, 0.25) is 0 Å². The molecule has 1 aliphatic rings. The first-order chi connectivity index (χ1) is 12.5. The van der Waals surface area contributed by atoms with E-state index in [1.807, 2.05) is 18.2 Å². The summed E-state index contributed by atoms with van der Waals surface area (Å²) < 4.78 is 16.4. The summed E-state index contributed by atoms with van der Waals surface area (Å²) in [7, 11) is 0. The smallest absolute Gasteiger partial charge is 0.239 e. The highest BCUT2D eigenvalue weighted by molar-refractivity contribution is 5.91. The summed E-state index contributed by atoms with van der Waals surface area (Å²) in [6.45, 7) is 7.48. The molecule has 140 valence electrons. The Morgan fingerprint density at radius 3 is 2.65 bits per heavy atom. The summed E-state index contributed by atoms with van der Waals surface area (Å²) >= 11 is 0. The van der Waals surface area contributed by atoms with Crippen molar-refractivity contribution in [2.45, 2.75) is 33.2 Å². The number of hydrogen-bond acceptors (Lipinski definition) is 6. The summed E-state index contributed by atoms with van der Waals surface area (Å²) in [5.74, 6) is 2.73. The lowest BCUT2D eigenvalue weighted by Gasteiger charge is -2.23. The largest absolute Gasteiger partial charge is 0.490 e. The predicted molar refractivity (Wildman–Crippen MR) is 97.5 cm³/mol. The van der Waals surface area contributed by atoms with E-state index in [1.54, 1.807) is 13.0 Å². The summed E-state index contributed by atoms with van der Waals surface area (Å²) in [5.41, 5.74) is 1.06. The molecule has 1 amide bonds. The van der Waals surface area contributed by atoms with Crippen LogP contribution in [0.3, 0.4) is 0 Å². The lowest BCUT2D eigenvalue weighted by atomic mass is 9.95. The summed E-state index contributed by atoms with van der Waals surface area (Å²) in [6, 6.07) is 7.64. The van der Waals surface area contributed by atoms with Crippen LogP contribution in [0.4, 0.5) is 5.82 Å². The molecule has 3 rings (SSSR count). The van der Waals surface area contributed by atoms with E-state index in [0.717, 1.165) is 23.5 Å². The van der Waals surface area contributed by atoms with Crippen molar-refractivity contribution in [2.75, 3.05) is 25.1 Å². The van der Waals surface area contributed by atoms with Crippen LogP contribution in [0.15, 0.2) is 28.8 Å². The van der Waals surface area contributed by atoms with E-state index >= 15 is 0 Å². The molecular formula is C19H25N3O4. The van der Waals surface area contributed by atoms with E-state index < -0.39 is 0 Å². The van der Waals surface area contributed by atoms with Gasteiger partial charge in [-0.25, -0.2) is 0 Å². The highest BCUT2D eigenvalue weighted by Gasteiger charge is 2.20. The fraction of sp³-hybridized carbons (Fsp3) is 0.474. The lowest BCUT2D eigenvalue weighted by Crippen LogP contribution is -2.33. The standard InChI is InChI=1S/C19H25N3O4/c1-12(2)19(20-11-18(23)21-17-9-13(3)26-22-17)14-5-6-15-16(10-14)25-8-4-7-24-15/h5-6,9-10,12,19-20H,4,7-8,11H2,1-3H3,(H,21,22,23)/t19-/m1/s1. The number of nitrogens with zero attached hydrogens (tertiary/aromatic N) is 1. The van der Waals surface area contributed by atoms with Crippen molar-refractivity contribution >= 4 is 11.7 Å². The third-order valence-electron chi connectivity index (χ3n) is 4.18. The first-order valence-corrected chi connectivity index (χ1v) is 8.89. The van der Waals surface area contributed by atoms with Crippen molar-refractivity contribution in [3.63, 3.8) is 0 Å². The van der Waals surface area contributed by atoms with Crippen LogP contribution in [0, 0.1) is 12.8 Å². The molecule has 0 saturated heterocycles. The van der Waals surface area contributed by atoms with Gasteiger partial charge in [0.25, 0.3) is 0 Å². The molecule has 0 bridgehead atoms. The van der Waals surface area contributed by atoms with Gasteiger partial charge in [0.1, 0.15) is 5.76 Å². The number of aromatic nitrogens is 1. The predicted octanol–water partition coefficient (Wildman–Crippen LogP) is 3.07. The van der Waals surface area contributed by atoms with Gasteiger partial charge in [0, 0.05) is 18.5 Å². The van der Waals surface area contributed by atoms with Crippen LogP contribution in [0.1, 0.15) is 37.6 Å². The van der Waals surface area contributed by atoms with Crippen molar-refractivity contribution in [2.24, 2.45) is 5.92 Å². The quantitative estimate of drug-likeness (QED) is 0.824. The molecule has 0 saturated carbocycles. The number of anilines is 1. The minimum Gasteiger partial charge on any atom is -0.490 e. The lowest BCUT2D eigenvalue weighted by molar-refractivity contribution is -0.115. The molecule has 0 unspecified atom stereocenters. The molecule has 0 aliphatic carbocycles. The number of nitrogens with one attached hydrogen (secondary N) is 2. The first-order valence-electron chi connectivity index (χ1n) is 8.89. The van der Waals surface area contributed by atoms with Gasteiger partial charge in [0.15, 0.2) is 17.3 Å². The maximum Gasteiger partial charge on any atom is 0.239 e. The molecule has 2 N–H and O–H groups in total. The molecule has 7 nitrogen and oxygen atoms in total. The average Bonchev–Trinajstić information content (AvgIpc) is 2.87. The molecule has 2 heterocycles. The topological polar surface area (TPSA) is 85.6 Å². The van der Waals surface area contributed by atoms with E-state index in [0.29, 0.717) is 30.7 Å². The minimum atomic E-state index is -0.168. The van der Waals surface area contributed by atoms with Crippen molar-refractivity contribution in [3.8, 4) is 11.5 Å². The number of hydrogen-bond donors (Lipinski definition) is 2. The van der Waals surface area contributed by atoms with Gasteiger partial charge in [-0.3, -0.25) is 4.79 Å². The minimum absolute atomic E-state index is 0.0111. The molecular weight excluding hydrogens is 334 g/mol. The molecule has 26 heavy (non-hydrogen) atoms. The monoisotopic (exact) mass is 359 g/mol. The number of amides is 1. The van der Waals surface area contributed by atoms with Crippen LogP contribution in [0.5, 0.6) is 11.5 Å².